The van der Waals surface area contributed by atoms with E-state index >= 15 is 4.39 Å². The molecule has 0 bridgehead atoms. The summed E-state index contributed by atoms with van der Waals surface area (Å²) in [7, 11) is 1.56. The molecule has 1 aliphatic heterocycles. The molecule has 3 heterocycles. The smallest absolute Gasteiger partial charge is 0.407 e. The summed E-state index contributed by atoms with van der Waals surface area (Å²) in [4.78, 5) is 43.5. The number of carbonyl (C=O) groups excluding carboxylic acids is 1. The zero-order valence-corrected chi connectivity index (χ0v) is 22.2. The number of aromatic carboxylic acids is 1. The number of para-hydroxylation sites is 1. The molecule has 0 radical (unpaired) electrons. The number of aromatic nitrogens is 2. The number of nitrogens with one attached hydrogen (secondary N) is 1. The molecule has 2 aliphatic rings. The quantitative estimate of drug-likeness (QED) is 0.482. The summed E-state index contributed by atoms with van der Waals surface area (Å²) in [5.41, 5.74) is -0.810. The van der Waals surface area contributed by atoms with Crippen LogP contribution in [0.15, 0.2) is 41.3 Å². The van der Waals surface area contributed by atoms with Gasteiger partial charge in [-0.3, -0.25) is 4.79 Å². The minimum Gasteiger partial charge on any atom is -0.496 e. The Hall–Kier alpha value is -4.15. The average Bonchev–Trinajstić information content (AvgIpc) is 3.63. The third-order valence-electron chi connectivity index (χ3n) is 6.97. The first kappa shape index (κ1) is 26.5. The van der Waals surface area contributed by atoms with Crippen molar-refractivity contribution < 1.29 is 28.6 Å². The van der Waals surface area contributed by atoms with Crippen LogP contribution in [0, 0.1) is 5.82 Å². The normalized spacial score (nSPS) is 19.3. The van der Waals surface area contributed by atoms with Gasteiger partial charge in [-0.25, -0.2) is 19.0 Å². The van der Waals surface area contributed by atoms with Crippen LogP contribution in [0.1, 0.15) is 61.5 Å². The van der Waals surface area contributed by atoms with Crippen molar-refractivity contribution in [3.05, 3.63) is 63.7 Å². The van der Waals surface area contributed by atoms with Crippen LogP contribution in [0.25, 0.3) is 11.0 Å². The molecular formula is C28H31FN4O6. The monoisotopic (exact) mass is 538 g/mol. The van der Waals surface area contributed by atoms with Gasteiger partial charge in [0.15, 0.2) is 11.6 Å². The van der Waals surface area contributed by atoms with Crippen molar-refractivity contribution in [2.75, 3.05) is 25.1 Å². The fraction of sp³-hybridized carbons (Fsp3) is 0.429. The molecule has 1 saturated carbocycles. The van der Waals surface area contributed by atoms with Crippen LogP contribution in [0.5, 0.6) is 5.75 Å². The summed E-state index contributed by atoms with van der Waals surface area (Å²) in [5, 5.41) is 12.4. The van der Waals surface area contributed by atoms with E-state index in [0.29, 0.717) is 12.3 Å². The van der Waals surface area contributed by atoms with Gasteiger partial charge >= 0.3 is 12.1 Å². The molecule has 2 fully saturated rings. The summed E-state index contributed by atoms with van der Waals surface area (Å²) in [6, 6.07) is 8.04. The molecule has 5 rings (SSSR count). The number of fused-ring (bicyclic) bond motifs is 1. The topological polar surface area (TPSA) is 123 Å². The van der Waals surface area contributed by atoms with Crippen LogP contribution in [-0.4, -0.2) is 58.6 Å². The highest BCUT2D eigenvalue weighted by Gasteiger charge is 2.39. The predicted octanol–water partition coefficient (Wildman–Crippen LogP) is 4.07. The van der Waals surface area contributed by atoms with Gasteiger partial charge in [-0.1, -0.05) is 18.2 Å². The number of pyridine rings is 2. The Morgan fingerprint density at radius 1 is 1.18 bits per heavy atom. The van der Waals surface area contributed by atoms with Gasteiger partial charge in [0.2, 0.25) is 5.43 Å². The molecule has 10 nitrogen and oxygen atoms in total. The van der Waals surface area contributed by atoms with Crippen molar-refractivity contribution in [1.82, 2.24) is 14.9 Å². The van der Waals surface area contributed by atoms with E-state index in [1.165, 1.54) is 6.20 Å². The Labute approximate surface area is 224 Å². The van der Waals surface area contributed by atoms with Gasteiger partial charge in [0.05, 0.1) is 18.5 Å². The second kappa shape index (κ2) is 9.87. The minimum atomic E-state index is -1.36. The number of benzene rings is 1. The maximum Gasteiger partial charge on any atom is 0.407 e. The van der Waals surface area contributed by atoms with Crippen molar-refractivity contribution in [2.45, 2.75) is 57.2 Å². The molecule has 206 valence electrons. The van der Waals surface area contributed by atoms with Crippen LogP contribution in [0.2, 0.25) is 0 Å². The van der Waals surface area contributed by atoms with E-state index in [1.54, 1.807) is 37.3 Å². The third-order valence-corrected chi connectivity index (χ3v) is 6.97. The molecule has 11 heteroatoms. The Balaban J connectivity index is 1.56. The SMILES string of the molecule is COc1ccccc1[C@@H]1CN(c2nc3c(cc2F)c(=O)c(C(=O)O)cn3C2CC2)C[C@H]1NC(=O)OC(C)(C)C. The van der Waals surface area contributed by atoms with Gasteiger partial charge < -0.3 is 29.4 Å². The predicted molar refractivity (Wildman–Crippen MR) is 142 cm³/mol. The van der Waals surface area contributed by atoms with Crippen molar-refractivity contribution >= 4 is 28.9 Å². The molecular weight excluding hydrogens is 507 g/mol. The summed E-state index contributed by atoms with van der Waals surface area (Å²) in [6.07, 6.45) is 2.33. The van der Waals surface area contributed by atoms with Crippen molar-refractivity contribution in [1.29, 1.82) is 0 Å². The van der Waals surface area contributed by atoms with E-state index in [0.717, 1.165) is 24.5 Å². The summed E-state index contributed by atoms with van der Waals surface area (Å²) >= 11 is 0. The van der Waals surface area contributed by atoms with Crippen molar-refractivity contribution in [3.63, 3.8) is 0 Å². The van der Waals surface area contributed by atoms with Crippen LogP contribution < -0.4 is 20.4 Å². The number of anilines is 1. The molecule has 2 N–H and O–H groups in total. The van der Waals surface area contributed by atoms with Gasteiger partial charge in [0.1, 0.15) is 22.6 Å². The second-order valence-electron chi connectivity index (χ2n) is 11.0. The van der Waals surface area contributed by atoms with Crippen molar-refractivity contribution in [3.8, 4) is 5.75 Å². The lowest BCUT2D eigenvalue weighted by Crippen LogP contribution is -2.42. The lowest BCUT2D eigenvalue weighted by atomic mass is 9.93. The molecule has 2 atom stereocenters. The number of ether oxygens (including phenoxy) is 2. The number of rotatable bonds is 6. The highest BCUT2D eigenvalue weighted by Crippen LogP contribution is 2.39. The number of alkyl carbamates (subject to hydrolysis) is 1. The first-order valence-electron chi connectivity index (χ1n) is 12.8. The number of carboxylic acid groups (broad SMARTS) is 1. The highest BCUT2D eigenvalue weighted by molar-refractivity contribution is 5.92. The van der Waals surface area contributed by atoms with E-state index in [4.69, 9.17) is 9.47 Å². The second-order valence-corrected chi connectivity index (χ2v) is 11.0. The Morgan fingerprint density at radius 2 is 1.90 bits per heavy atom. The van der Waals surface area contributed by atoms with Gasteiger partial charge in [-0.15, -0.1) is 0 Å². The molecule has 3 aromatic rings. The van der Waals surface area contributed by atoms with Gasteiger partial charge in [-0.05, 0) is 45.7 Å². The van der Waals surface area contributed by atoms with Crippen LogP contribution in [-0.2, 0) is 4.74 Å². The molecule has 0 unspecified atom stereocenters. The first-order valence-corrected chi connectivity index (χ1v) is 12.8. The zero-order chi connectivity index (χ0) is 28.1. The Morgan fingerprint density at radius 3 is 2.54 bits per heavy atom. The number of carboxylic acids is 1. The summed E-state index contributed by atoms with van der Waals surface area (Å²) < 4.78 is 28.3. The van der Waals surface area contributed by atoms with E-state index in [2.05, 4.69) is 10.3 Å². The molecule has 1 amide bonds. The molecule has 1 aliphatic carbocycles. The van der Waals surface area contributed by atoms with Gasteiger partial charge in [0, 0.05) is 36.8 Å². The third kappa shape index (κ3) is 5.25. The molecule has 0 spiro atoms. The number of nitrogens with zero attached hydrogens (tertiary/aromatic N) is 3. The standard InChI is InChI=1S/C28H31FN4O6/c1-28(2,3)39-27(37)30-21-14-32(12-18(21)16-7-5-6-8-22(16)38-4)25-20(29)11-17-23(34)19(26(35)36)13-33(15-9-10-15)24(17)31-25/h5-8,11,13,15,18,21H,9-10,12,14H2,1-4H3,(H,30,37)(H,35,36)/t18-,21+/m0/s1. The molecule has 1 saturated heterocycles. The minimum absolute atomic E-state index is 0.00139. The average molecular weight is 539 g/mol. The fourth-order valence-electron chi connectivity index (χ4n) is 5.11. The van der Waals surface area contributed by atoms with Gasteiger partial charge in [-0.2, -0.15) is 0 Å². The Bertz CT molecular complexity index is 1510. The highest BCUT2D eigenvalue weighted by atomic mass is 19.1. The number of hydrogen-bond donors (Lipinski definition) is 2. The molecule has 2 aromatic heterocycles. The zero-order valence-electron chi connectivity index (χ0n) is 22.2. The summed E-state index contributed by atoms with van der Waals surface area (Å²) in [5.74, 6) is -1.74. The maximum atomic E-state index is 15.6. The maximum absolute atomic E-state index is 15.6. The molecule has 1 aromatic carbocycles. The van der Waals surface area contributed by atoms with E-state index in [1.807, 2.05) is 24.3 Å². The van der Waals surface area contributed by atoms with Crippen LogP contribution >= 0.6 is 0 Å². The van der Waals surface area contributed by atoms with Crippen LogP contribution in [0.4, 0.5) is 15.0 Å². The number of carbonyl (C=O) groups is 2. The first-order chi connectivity index (χ1) is 18.5. The summed E-state index contributed by atoms with van der Waals surface area (Å²) in [6.45, 7) is 5.84. The number of amides is 1. The van der Waals surface area contributed by atoms with Crippen LogP contribution in [0.3, 0.4) is 0 Å². The number of hydrogen-bond acceptors (Lipinski definition) is 7. The lowest BCUT2D eigenvalue weighted by Gasteiger charge is -2.25. The van der Waals surface area contributed by atoms with Gasteiger partial charge in [0.25, 0.3) is 0 Å². The largest absolute Gasteiger partial charge is 0.496 e. The molecule has 39 heavy (non-hydrogen) atoms. The number of halogens is 1. The fourth-order valence-corrected chi connectivity index (χ4v) is 5.11. The van der Waals surface area contributed by atoms with Crippen molar-refractivity contribution in [2.24, 2.45) is 0 Å². The van der Waals surface area contributed by atoms with E-state index in [-0.39, 0.29) is 35.4 Å². The van der Waals surface area contributed by atoms with E-state index in [9.17, 15) is 19.5 Å². The Kier molecular flexibility index (Phi) is 6.69. The van der Waals surface area contributed by atoms with E-state index < -0.39 is 40.5 Å². The lowest BCUT2D eigenvalue weighted by molar-refractivity contribution is 0.0504. The number of methoxy groups -OCH3 is 1.